The molecule has 4 aliphatic carbocycles. The molecule has 148 valence electrons. The zero-order chi connectivity index (χ0) is 19.3. The number of hydrogen-bond acceptors (Lipinski definition) is 4. The van der Waals surface area contributed by atoms with Crippen LogP contribution in [-0.2, 0) is 6.61 Å². The molecule has 1 N–H and O–H groups in total. The van der Waals surface area contributed by atoms with Gasteiger partial charge < -0.3 is 14.6 Å². The van der Waals surface area contributed by atoms with Crippen LogP contribution in [0.1, 0.15) is 53.9 Å². The van der Waals surface area contributed by atoms with Crippen molar-refractivity contribution in [3.05, 3.63) is 46.3 Å². The van der Waals surface area contributed by atoms with Crippen LogP contribution in [0.25, 0.3) is 0 Å². The normalized spacial score (nSPS) is 30.4. The molecule has 6 rings (SSSR count). The SMILES string of the molecule is Cc1onc(C(=O)NC2C3CC4CC(C3)CC2C4)c1COc1cccc(Cl)c1. The molecular weight excluding hydrogens is 376 g/mol. The van der Waals surface area contributed by atoms with Crippen molar-refractivity contribution < 1.29 is 14.1 Å². The van der Waals surface area contributed by atoms with Gasteiger partial charge in [-0.05, 0) is 80.9 Å². The van der Waals surface area contributed by atoms with Gasteiger partial charge in [-0.2, -0.15) is 0 Å². The molecule has 1 amide bonds. The quantitative estimate of drug-likeness (QED) is 0.785. The first-order chi connectivity index (χ1) is 13.6. The van der Waals surface area contributed by atoms with Gasteiger partial charge in [0.1, 0.15) is 18.1 Å². The second-order valence-corrected chi connectivity index (χ2v) is 9.18. The number of halogens is 1. The number of carbonyl (C=O) groups is 1. The van der Waals surface area contributed by atoms with Crippen LogP contribution in [0.2, 0.25) is 5.02 Å². The molecule has 1 heterocycles. The van der Waals surface area contributed by atoms with Gasteiger partial charge in [0.2, 0.25) is 0 Å². The maximum absolute atomic E-state index is 13.0. The lowest BCUT2D eigenvalue weighted by molar-refractivity contribution is -0.0120. The minimum Gasteiger partial charge on any atom is -0.489 e. The first-order valence-electron chi connectivity index (χ1n) is 10.2. The Labute approximate surface area is 169 Å². The third kappa shape index (κ3) is 3.30. The number of aryl methyl sites for hydroxylation is 1. The van der Waals surface area contributed by atoms with Gasteiger partial charge in [0, 0.05) is 11.1 Å². The summed E-state index contributed by atoms with van der Waals surface area (Å²) in [5.41, 5.74) is 1.04. The monoisotopic (exact) mass is 400 g/mol. The molecule has 4 saturated carbocycles. The van der Waals surface area contributed by atoms with Gasteiger partial charge in [-0.1, -0.05) is 22.8 Å². The highest BCUT2D eigenvalue weighted by molar-refractivity contribution is 6.30. The van der Waals surface area contributed by atoms with Crippen molar-refractivity contribution in [2.75, 3.05) is 0 Å². The summed E-state index contributed by atoms with van der Waals surface area (Å²) >= 11 is 6.01. The van der Waals surface area contributed by atoms with Crippen LogP contribution in [0.5, 0.6) is 5.75 Å². The predicted molar refractivity (Wildman–Crippen MR) is 105 cm³/mol. The van der Waals surface area contributed by atoms with Crippen molar-refractivity contribution in [3.8, 4) is 5.75 Å². The van der Waals surface area contributed by atoms with Crippen LogP contribution in [0.15, 0.2) is 28.8 Å². The number of rotatable bonds is 5. The summed E-state index contributed by atoms with van der Waals surface area (Å²) in [6.45, 7) is 2.03. The molecule has 6 heteroatoms. The standard InChI is InChI=1S/C22H25ClN2O3/c1-12-19(11-27-18-4-2-3-17(23)10-18)21(25-28-12)22(26)24-20-15-6-13-5-14(8-15)9-16(20)7-13/h2-4,10,13-16,20H,5-9,11H2,1H3,(H,24,26). The van der Waals surface area contributed by atoms with Gasteiger partial charge >= 0.3 is 0 Å². The van der Waals surface area contributed by atoms with Crippen LogP contribution in [0, 0.1) is 30.6 Å². The number of benzene rings is 1. The third-order valence-electron chi connectivity index (χ3n) is 6.90. The molecule has 0 spiro atoms. The summed E-state index contributed by atoms with van der Waals surface area (Å²) in [6.07, 6.45) is 6.46. The maximum Gasteiger partial charge on any atom is 0.274 e. The molecule has 1 aromatic heterocycles. The molecule has 5 nitrogen and oxygen atoms in total. The zero-order valence-corrected chi connectivity index (χ0v) is 16.7. The van der Waals surface area contributed by atoms with Gasteiger partial charge in [-0.25, -0.2) is 0 Å². The number of hydrogen-bond donors (Lipinski definition) is 1. The molecule has 4 aliphatic rings. The number of nitrogens with one attached hydrogen (secondary N) is 1. The van der Waals surface area contributed by atoms with E-state index in [4.69, 9.17) is 20.9 Å². The van der Waals surface area contributed by atoms with Crippen molar-refractivity contribution in [2.45, 2.75) is 51.7 Å². The molecule has 4 bridgehead atoms. The molecule has 28 heavy (non-hydrogen) atoms. The molecule has 4 fully saturated rings. The smallest absolute Gasteiger partial charge is 0.274 e. The topological polar surface area (TPSA) is 64.4 Å². The van der Waals surface area contributed by atoms with Gasteiger partial charge in [0.25, 0.3) is 5.91 Å². The van der Waals surface area contributed by atoms with Gasteiger partial charge in [-0.3, -0.25) is 4.79 Å². The summed E-state index contributed by atoms with van der Waals surface area (Å²) in [5, 5.41) is 7.95. The van der Waals surface area contributed by atoms with Crippen molar-refractivity contribution >= 4 is 17.5 Å². The minimum absolute atomic E-state index is 0.140. The Hall–Kier alpha value is -2.01. The number of aromatic nitrogens is 1. The van der Waals surface area contributed by atoms with E-state index in [9.17, 15) is 4.79 Å². The Balaban J connectivity index is 1.29. The Morgan fingerprint density at radius 3 is 2.61 bits per heavy atom. The Bertz CT molecular complexity index is 866. The van der Waals surface area contributed by atoms with E-state index in [-0.39, 0.29) is 18.6 Å². The van der Waals surface area contributed by atoms with Gasteiger partial charge in [0.05, 0.1) is 5.56 Å². The summed E-state index contributed by atoms with van der Waals surface area (Å²) in [5.74, 6) is 4.13. The second kappa shape index (κ2) is 7.11. The highest BCUT2D eigenvalue weighted by Crippen LogP contribution is 2.53. The summed E-state index contributed by atoms with van der Waals surface area (Å²) < 4.78 is 11.1. The molecule has 0 saturated heterocycles. The zero-order valence-electron chi connectivity index (χ0n) is 16.0. The lowest BCUT2D eigenvalue weighted by atomic mass is 9.54. The molecular formula is C22H25ClN2O3. The van der Waals surface area contributed by atoms with E-state index in [1.54, 1.807) is 12.1 Å². The highest BCUT2D eigenvalue weighted by atomic mass is 35.5. The fraction of sp³-hybridized carbons (Fsp3) is 0.545. The van der Waals surface area contributed by atoms with E-state index in [0.29, 0.717) is 39.6 Å². The minimum atomic E-state index is -0.140. The summed E-state index contributed by atoms with van der Waals surface area (Å²) in [7, 11) is 0. The lowest BCUT2D eigenvalue weighted by Crippen LogP contribution is -2.55. The van der Waals surface area contributed by atoms with Crippen molar-refractivity contribution in [3.63, 3.8) is 0 Å². The first-order valence-corrected chi connectivity index (χ1v) is 10.6. The molecule has 0 unspecified atom stereocenters. The highest BCUT2D eigenvalue weighted by Gasteiger charge is 2.48. The fourth-order valence-corrected chi connectivity index (χ4v) is 6.01. The average molecular weight is 401 g/mol. The van der Waals surface area contributed by atoms with E-state index < -0.39 is 0 Å². The van der Waals surface area contributed by atoms with Gasteiger partial charge in [0.15, 0.2) is 5.69 Å². The number of nitrogens with zero attached hydrogens (tertiary/aromatic N) is 1. The Kier molecular flexibility index (Phi) is 4.58. The number of amides is 1. The van der Waals surface area contributed by atoms with Gasteiger partial charge in [-0.15, -0.1) is 0 Å². The van der Waals surface area contributed by atoms with E-state index in [2.05, 4.69) is 10.5 Å². The fourth-order valence-electron chi connectivity index (χ4n) is 5.83. The van der Waals surface area contributed by atoms with Crippen LogP contribution in [-0.4, -0.2) is 17.1 Å². The molecule has 2 aromatic rings. The van der Waals surface area contributed by atoms with E-state index in [1.807, 2.05) is 19.1 Å². The van der Waals surface area contributed by atoms with Crippen molar-refractivity contribution in [1.29, 1.82) is 0 Å². The lowest BCUT2D eigenvalue weighted by Gasteiger charge is -2.54. The van der Waals surface area contributed by atoms with Crippen LogP contribution in [0.4, 0.5) is 0 Å². The van der Waals surface area contributed by atoms with E-state index in [0.717, 1.165) is 11.8 Å². The predicted octanol–water partition coefficient (Wildman–Crippen LogP) is 4.77. The Morgan fingerprint density at radius 1 is 1.21 bits per heavy atom. The molecule has 1 aromatic carbocycles. The Morgan fingerprint density at radius 2 is 1.93 bits per heavy atom. The van der Waals surface area contributed by atoms with Crippen LogP contribution < -0.4 is 10.1 Å². The first kappa shape index (κ1) is 18.0. The summed E-state index contributed by atoms with van der Waals surface area (Å²) in [6, 6.07) is 7.49. The average Bonchev–Trinajstić information content (AvgIpc) is 3.03. The largest absolute Gasteiger partial charge is 0.489 e. The van der Waals surface area contributed by atoms with Crippen molar-refractivity contribution in [2.24, 2.45) is 23.7 Å². The van der Waals surface area contributed by atoms with E-state index in [1.165, 1.54) is 32.1 Å². The third-order valence-corrected chi connectivity index (χ3v) is 7.14. The second-order valence-electron chi connectivity index (χ2n) is 8.74. The van der Waals surface area contributed by atoms with E-state index >= 15 is 0 Å². The summed E-state index contributed by atoms with van der Waals surface area (Å²) in [4.78, 5) is 13.0. The van der Waals surface area contributed by atoms with Crippen LogP contribution >= 0.6 is 11.6 Å². The molecule has 0 aliphatic heterocycles. The number of ether oxygens (including phenoxy) is 1. The molecule has 0 radical (unpaired) electrons. The van der Waals surface area contributed by atoms with Crippen LogP contribution in [0.3, 0.4) is 0 Å². The van der Waals surface area contributed by atoms with Crippen molar-refractivity contribution in [1.82, 2.24) is 10.5 Å². The maximum atomic E-state index is 13.0. The molecule has 0 atom stereocenters. The number of carbonyl (C=O) groups excluding carboxylic acids is 1.